The van der Waals surface area contributed by atoms with Crippen LogP contribution in [0.2, 0.25) is 0 Å². The highest BCUT2D eigenvalue weighted by atomic mass is 35.5. The first-order valence-corrected chi connectivity index (χ1v) is 16.0. The van der Waals surface area contributed by atoms with Gasteiger partial charge in [0.1, 0.15) is 5.82 Å². The number of methoxy groups -OCH3 is 1. The highest BCUT2D eigenvalue weighted by molar-refractivity contribution is 7.92. The predicted molar refractivity (Wildman–Crippen MR) is 176 cm³/mol. The highest BCUT2D eigenvalue weighted by Gasteiger charge is 2.29. The number of piperidine rings is 1. The van der Waals surface area contributed by atoms with Gasteiger partial charge in [-0.2, -0.15) is 0 Å². The number of rotatable bonds is 10. The van der Waals surface area contributed by atoms with Crippen molar-refractivity contribution in [2.75, 3.05) is 41.4 Å². The number of amides is 2. The van der Waals surface area contributed by atoms with Crippen LogP contribution in [0.25, 0.3) is 0 Å². The number of likely N-dealkylation sites (tertiary alicyclic amines) is 1. The minimum Gasteiger partial charge on any atom is -0.493 e. The fraction of sp³-hybridized carbons (Fsp3) is 0.250. The van der Waals surface area contributed by atoms with Gasteiger partial charge in [-0.05, 0) is 66.9 Å². The SMILES string of the molecule is COc1cc(NS(C)(=O)=O)ccc1Oc1ccc(CN2CCC(N(C(=O)Nc3ccc(F)cc3)c3ccccc3)CC2)cn1.Cl. The minimum atomic E-state index is -3.42. The topological polar surface area (TPSA) is 113 Å². The van der Waals surface area contributed by atoms with Crippen molar-refractivity contribution in [1.82, 2.24) is 9.88 Å². The summed E-state index contributed by atoms with van der Waals surface area (Å²) in [5.74, 6) is 0.785. The van der Waals surface area contributed by atoms with Crippen LogP contribution < -0.4 is 24.4 Å². The van der Waals surface area contributed by atoms with Crippen molar-refractivity contribution >= 4 is 45.5 Å². The van der Waals surface area contributed by atoms with E-state index in [0.29, 0.717) is 35.3 Å². The molecular weight excluding hydrogens is 621 g/mol. The molecule has 2 amide bonds. The Labute approximate surface area is 268 Å². The summed E-state index contributed by atoms with van der Waals surface area (Å²) in [5.41, 5.74) is 2.73. The molecule has 13 heteroatoms. The molecule has 0 radical (unpaired) electrons. The second-order valence-corrected chi connectivity index (χ2v) is 12.2. The zero-order valence-corrected chi connectivity index (χ0v) is 26.5. The monoisotopic (exact) mass is 655 g/mol. The molecule has 0 spiro atoms. The number of aromatic nitrogens is 1. The molecule has 1 fully saturated rings. The summed E-state index contributed by atoms with van der Waals surface area (Å²) in [4.78, 5) is 22.0. The van der Waals surface area contributed by atoms with E-state index in [1.54, 1.807) is 47.5 Å². The third-order valence-corrected chi connectivity index (χ3v) is 7.76. The second kappa shape index (κ2) is 15.1. The molecule has 1 aliphatic rings. The molecular formula is C32H35ClFN5O5S. The highest BCUT2D eigenvalue weighted by Crippen LogP contribution is 2.34. The lowest BCUT2D eigenvalue weighted by Gasteiger charge is -2.38. The molecule has 1 saturated heterocycles. The number of carbonyl (C=O) groups is 1. The maximum absolute atomic E-state index is 13.4. The summed E-state index contributed by atoms with van der Waals surface area (Å²) in [5, 5.41) is 2.91. The molecule has 0 unspecified atom stereocenters. The number of para-hydroxylation sites is 1. The number of anilines is 3. The molecule has 238 valence electrons. The van der Waals surface area contributed by atoms with Gasteiger partial charge in [-0.15, -0.1) is 12.4 Å². The number of halogens is 2. The van der Waals surface area contributed by atoms with E-state index < -0.39 is 10.0 Å². The first kappa shape index (κ1) is 33.5. The van der Waals surface area contributed by atoms with Crippen molar-refractivity contribution < 1.29 is 27.1 Å². The smallest absolute Gasteiger partial charge is 0.326 e. The summed E-state index contributed by atoms with van der Waals surface area (Å²) in [6, 6.07) is 23.5. The van der Waals surface area contributed by atoms with E-state index in [1.165, 1.54) is 19.2 Å². The van der Waals surface area contributed by atoms with Crippen molar-refractivity contribution in [3.05, 3.63) is 103 Å². The van der Waals surface area contributed by atoms with E-state index in [9.17, 15) is 17.6 Å². The molecule has 4 aromatic rings. The molecule has 0 atom stereocenters. The van der Waals surface area contributed by atoms with Gasteiger partial charge in [0.25, 0.3) is 0 Å². The maximum Gasteiger partial charge on any atom is 0.326 e. The summed E-state index contributed by atoms with van der Waals surface area (Å²) in [7, 11) is -1.95. The average molecular weight is 656 g/mol. The van der Waals surface area contributed by atoms with Crippen molar-refractivity contribution in [3.8, 4) is 17.4 Å². The third-order valence-electron chi connectivity index (χ3n) is 7.16. The van der Waals surface area contributed by atoms with Gasteiger partial charge in [0.15, 0.2) is 11.5 Å². The number of sulfonamides is 1. The normalized spacial score (nSPS) is 13.8. The molecule has 10 nitrogen and oxygen atoms in total. The van der Waals surface area contributed by atoms with Gasteiger partial charge < -0.3 is 14.8 Å². The Morgan fingerprint density at radius 2 is 1.67 bits per heavy atom. The number of hydrogen-bond acceptors (Lipinski definition) is 7. The number of ether oxygens (including phenoxy) is 2. The Morgan fingerprint density at radius 1 is 0.978 bits per heavy atom. The Morgan fingerprint density at radius 3 is 2.29 bits per heavy atom. The molecule has 2 N–H and O–H groups in total. The molecule has 2 heterocycles. The van der Waals surface area contributed by atoms with Crippen LogP contribution in [-0.4, -0.2) is 56.8 Å². The molecule has 0 bridgehead atoms. The van der Waals surface area contributed by atoms with Gasteiger partial charge in [0, 0.05) is 55.4 Å². The molecule has 0 aliphatic carbocycles. The van der Waals surface area contributed by atoms with Crippen molar-refractivity contribution in [3.63, 3.8) is 0 Å². The van der Waals surface area contributed by atoms with Crippen molar-refractivity contribution in [2.45, 2.75) is 25.4 Å². The third kappa shape index (κ3) is 9.30. The predicted octanol–water partition coefficient (Wildman–Crippen LogP) is 6.52. The molecule has 1 aliphatic heterocycles. The number of hydrogen-bond donors (Lipinski definition) is 2. The summed E-state index contributed by atoms with van der Waals surface area (Å²) >= 11 is 0. The van der Waals surface area contributed by atoms with E-state index in [4.69, 9.17) is 9.47 Å². The van der Waals surface area contributed by atoms with Gasteiger partial charge >= 0.3 is 6.03 Å². The van der Waals surface area contributed by atoms with E-state index in [0.717, 1.165) is 43.4 Å². The molecule has 3 aromatic carbocycles. The fourth-order valence-electron chi connectivity index (χ4n) is 5.10. The summed E-state index contributed by atoms with van der Waals surface area (Å²) in [6.45, 7) is 2.28. The van der Waals surface area contributed by atoms with Crippen molar-refractivity contribution in [2.24, 2.45) is 0 Å². The first-order valence-electron chi connectivity index (χ1n) is 14.1. The summed E-state index contributed by atoms with van der Waals surface area (Å²) in [6.07, 6.45) is 4.40. The Kier molecular flexibility index (Phi) is 11.2. The Hall–Kier alpha value is -4.39. The lowest BCUT2D eigenvalue weighted by molar-refractivity contribution is 0.199. The molecule has 45 heavy (non-hydrogen) atoms. The Bertz CT molecular complexity index is 1670. The number of benzene rings is 3. The quantitative estimate of drug-likeness (QED) is 0.200. The van der Waals surface area contributed by atoms with E-state index in [2.05, 4.69) is 19.9 Å². The number of nitrogens with zero attached hydrogens (tertiary/aromatic N) is 3. The van der Waals surface area contributed by atoms with Gasteiger partial charge in [-0.1, -0.05) is 24.3 Å². The van der Waals surface area contributed by atoms with Crippen LogP contribution in [0.3, 0.4) is 0 Å². The van der Waals surface area contributed by atoms with Gasteiger partial charge in [-0.3, -0.25) is 14.5 Å². The van der Waals surface area contributed by atoms with Gasteiger partial charge in [0.2, 0.25) is 15.9 Å². The minimum absolute atomic E-state index is 0. The second-order valence-electron chi connectivity index (χ2n) is 10.5. The van der Waals surface area contributed by atoms with Crippen LogP contribution in [0.4, 0.5) is 26.2 Å². The van der Waals surface area contributed by atoms with Crippen LogP contribution in [0.1, 0.15) is 18.4 Å². The van der Waals surface area contributed by atoms with E-state index in [-0.39, 0.29) is 30.3 Å². The van der Waals surface area contributed by atoms with Crippen LogP contribution in [0, 0.1) is 5.82 Å². The molecule has 0 saturated carbocycles. The summed E-state index contributed by atoms with van der Waals surface area (Å²) < 4.78 is 50.1. The maximum atomic E-state index is 13.4. The lowest BCUT2D eigenvalue weighted by Crippen LogP contribution is -2.49. The molecule has 1 aromatic heterocycles. The zero-order valence-electron chi connectivity index (χ0n) is 24.9. The first-order chi connectivity index (χ1) is 21.2. The van der Waals surface area contributed by atoms with E-state index in [1.807, 2.05) is 36.4 Å². The number of pyridine rings is 1. The largest absolute Gasteiger partial charge is 0.493 e. The van der Waals surface area contributed by atoms with Crippen LogP contribution in [0.15, 0.2) is 91.1 Å². The number of nitrogens with one attached hydrogen (secondary N) is 2. The van der Waals surface area contributed by atoms with Gasteiger partial charge in [0.05, 0.1) is 19.1 Å². The van der Waals surface area contributed by atoms with Crippen LogP contribution in [-0.2, 0) is 16.6 Å². The number of carbonyl (C=O) groups excluding carboxylic acids is 1. The zero-order chi connectivity index (χ0) is 31.1. The number of urea groups is 1. The van der Waals surface area contributed by atoms with Crippen molar-refractivity contribution in [1.29, 1.82) is 0 Å². The van der Waals surface area contributed by atoms with Gasteiger partial charge in [-0.25, -0.2) is 22.6 Å². The Balaban J connectivity index is 0.00000461. The van der Waals surface area contributed by atoms with Crippen LogP contribution >= 0.6 is 12.4 Å². The fourth-order valence-corrected chi connectivity index (χ4v) is 5.66. The average Bonchev–Trinajstić information content (AvgIpc) is 3.01. The lowest BCUT2D eigenvalue weighted by atomic mass is 10.0. The molecule has 5 rings (SSSR count). The van der Waals surface area contributed by atoms with Crippen LogP contribution in [0.5, 0.6) is 17.4 Å². The standard InChI is InChI=1S/C32H34FN5O5S.ClH/c1-42-30-20-26(36-44(2,40)41)13-14-29(30)43-31-15-8-23(21-34-31)22-37-18-16-28(17-19-37)38(27-6-4-3-5-7-27)32(39)35-25-11-9-24(33)10-12-25;/h3-15,20-21,28,36H,16-19,22H2,1-2H3,(H,35,39);1H. The van der Waals surface area contributed by atoms with E-state index >= 15 is 0 Å².